The molecular weight excluding hydrogens is 533 g/mol. The SMILES string of the molecule is COC(=O)N[C@@H](CC/C=C/C(N)=O)C(=O)Nc1cccn(Cc2nc3c(CC(C)C(F)(F)F)cccc3[nH]2)c1=O. The van der Waals surface area contributed by atoms with Gasteiger partial charge in [-0.2, -0.15) is 13.2 Å². The van der Waals surface area contributed by atoms with Crippen molar-refractivity contribution in [2.75, 3.05) is 12.4 Å². The van der Waals surface area contributed by atoms with Gasteiger partial charge >= 0.3 is 12.3 Å². The minimum Gasteiger partial charge on any atom is -0.453 e. The van der Waals surface area contributed by atoms with Crippen molar-refractivity contribution in [1.82, 2.24) is 19.9 Å². The first-order chi connectivity index (χ1) is 18.9. The standard InChI is InChI=1S/C26H29F3N6O5/c1-15(26(27,28)29)13-16-7-5-9-17-22(16)34-21(31-17)14-35-12-6-10-19(24(35)38)32-23(37)18(33-25(39)40-2)8-3-4-11-20(30)36/h4-7,9-12,15,18H,3,8,13-14H2,1-2H3,(H2,30,36)(H,31,34)(H,32,37)(H,33,39)/b11-4+/t15?,18-/m0/s1. The second-order valence-corrected chi connectivity index (χ2v) is 9.06. The van der Waals surface area contributed by atoms with Crippen LogP contribution in [-0.4, -0.2) is 51.8 Å². The molecule has 2 atom stereocenters. The molecule has 1 unspecified atom stereocenters. The van der Waals surface area contributed by atoms with Gasteiger partial charge in [-0.05, 0) is 49.1 Å². The molecule has 0 aliphatic rings. The van der Waals surface area contributed by atoms with E-state index in [1.54, 1.807) is 18.2 Å². The van der Waals surface area contributed by atoms with Crippen molar-refractivity contribution >= 4 is 34.6 Å². The van der Waals surface area contributed by atoms with Gasteiger partial charge in [0.25, 0.3) is 5.56 Å². The maximum absolute atomic E-state index is 13.1. The fourth-order valence-electron chi connectivity index (χ4n) is 3.90. The number of alkyl halides is 3. The molecule has 0 saturated carbocycles. The van der Waals surface area contributed by atoms with Crippen molar-refractivity contribution in [3.05, 3.63) is 70.4 Å². The van der Waals surface area contributed by atoms with E-state index >= 15 is 0 Å². The molecule has 0 fully saturated rings. The summed E-state index contributed by atoms with van der Waals surface area (Å²) in [5.74, 6) is -2.58. The Kier molecular flexibility index (Phi) is 9.69. The summed E-state index contributed by atoms with van der Waals surface area (Å²) in [5.41, 5.74) is 5.73. The number of imidazole rings is 1. The van der Waals surface area contributed by atoms with E-state index < -0.39 is 41.6 Å². The molecule has 0 spiro atoms. The molecule has 11 nitrogen and oxygen atoms in total. The van der Waals surface area contributed by atoms with E-state index in [-0.39, 0.29) is 31.5 Å². The Morgan fingerprint density at radius 3 is 2.65 bits per heavy atom. The number of hydrogen-bond acceptors (Lipinski definition) is 6. The zero-order chi connectivity index (χ0) is 29.4. The van der Waals surface area contributed by atoms with Gasteiger partial charge in [0.2, 0.25) is 11.8 Å². The van der Waals surface area contributed by atoms with Crippen molar-refractivity contribution in [3.8, 4) is 0 Å². The van der Waals surface area contributed by atoms with Gasteiger partial charge in [-0.25, -0.2) is 9.78 Å². The van der Waals surface area contributed by atoms with E-state index in [1.165, 1.54) is 29.0 Å². The number of H-pyrrole nitrogens is 1. The molecule has 2 aromatic heterocycles. The third-order valence-corrected chi connectivity index (χ3v) is 6.03. The number of hydrogen-bond donors (Lipinski definition) is 4. The van der Waals surface area contributed by atoms with Crippen LogP contribution >= 0.6 is 0 Å². The predicted molar refractivity (Wildman–Crippen MR) is 140 cm³/mol. The number of carbonyl (C=O) groups is 3. The number of para-hydroxylation sites is 1. The second-order valence-electron chi connectivity index (χ2n) is 9.06. The number of ether oxygens (including phenoxy) is 1. The lowest BCUT2D eigenvalue weighted by Gasteiger charge is -2.17. The van der Waals surface area contributed by atoms with Gasteiger partial charge < -0.3 is 30.7 Å². The molecule has 1 aromatic carbocycles. The number of anilines is 1. The van der Waals surface area contributed by atoms with Crippen LogP contribution in [0.15, 0.2) is 53.5 Å². The van der Waals surface area contributed by atoms with Crippen LogP contribution in [0.2, 0.25) is 0 Å². The number of nitrogens with one attached hydrogen (secondary N) is 3. The van der Waals surface area contributed by atoms with Crippen LogP contribution in [0.5, 0.6) is 0 Å². The first-order valence-corrected chi connectivity index (χ1v) is 12.2. The average molecular weight is 563 g/mol. The molecular formula is C26H29F3N6O5. The lowest BCUT2D eigenvalue weighted by atomic mass is 10.00. The maximum atomic E-state index is 13.1. The normalized spacial score (nSPS) is 13.2. The second kappa shape index (κ2) is 13.0. The summed E-state index contributed by atoms with van der Waals surface area (Å²) in [4.78, 5) is 56.0. The number of pyridine rings is 1. The Balaban J connectivity index is 1.79. The highest BCUT2D eigenvalue weighted by molar-refractivity contribution is 5.96. The van der Waals surface area contributed by atoms with E-state index in [2.05, 4.69) is 25.3 Å². The van der Waals surface area contributed by atoms with Crippen LogP contribution in [0, 0.1) is 5.92 Å². The zero-order valence-corrected chi connectivity index (χ0v) is 21.7. The Hall–Kier alpha value is -4.62. The van der Waals surface area contributed by atoms with Crippen molar-refractivity contribution in [3.63, 3.8) is 0 Å². The number of alkyl carbamates (subject to hydrolysis) is 1. The summed E-state index contributed by atoms with van der Waals surface area (Å²) in [7, 11) is 1.13. The summed E-state index contributed by atoms with van der Waals surface area (Å²) >= 11 is 0. The lowest BCUT2D eigenvalue weighted by molar-refractivity contribution is -0.169. The molecule has 5 N–H and O–H groups in total. The average Bonchev–Trinajstić information content (AvgIpc) is 3.30. The summed E-state index contributed by atoms with van der Waals surface area (Å²) < 4.78 is 45.1. The van der Waals surface area contributed by atoms with Gasteiger partial charge in [0.1, 0.15) is 17.6 Å². The Morgan fingerprint density at radius 1 is 1.23 bits per heavy atom. The van der Waals surface area contributed by atoms with Gasteiger partial charge in [0.05, 0.1) is 30.6 Å². The van der Waals surface area contributed by atoms with Crippen LogP contribution in [0.1, 0.15) is 31.2 Å². The molecule has 0 saturated heterocycles. The number of benzene rings is 1. The number of nitrogens with two attached hydrogens (primary N) is 1. The van der Waals surface area contributed by atoms with Crippen LogP contribution in [0.3, 0.4) is 0 Å². The molecule has 0 radical (unpaired) electrons. The number of halogens is 3. The van der Waals surface area contributed by atoms with Crippen molar-refractivity contribution in [2.24, 2.45) is 11.7 Å². The molecule has 40 heavy (non-hydrogen) atoms. The third-order valence-electron chi connectivity index (χ3n) is 6.03. The predicted octanol–water partition coefficient (Wildman–Crippen LogP) is 3.00. The summed E-state index contributed by atoms with van der Waals surface area (Å²) in [6, 6.07) is 6.71. The quantitative estimate of drug-likeness (QED) is 0.263. The summed E-state index contributed by atoms with van der Waals surface area (Å²) in [6.07, 6.45) is -1.10. The van der Waals surface area contributed by atoms with Gasteiger partial charge in [-0.15, -0.1) is 0 Å². The van der Waals surface area contributed by atoms with Gasteiger partial charge in [0, 0.05) is 6.20 Å². The number of allylic oxidation sites excluding steroid dienone is 1. The number of methoxy groups -OCH3 is 1. The first kappa shape index (κ1) is 29.9. The molecule has 0 aliphatic heterocycles. The molecule has 3 amide bonds. The fourth-order valence-corrected chi connectivity index (χ4v) is 3.90. The minimum atomic E-state index is -4.34. The highest BCUT2D eigenvalue weighted by Gasteiger charge is 2.36. The van der Waals surface area contributed by atoms with E-state index in [4.69, 9.17) is 5.73 Å². The van der Waals surface area contributed by atoms with Gasteiger partial charge in [-0.3, -0.25) is 14.4 Å². The topological polar surface area (TPSA) is 161 Å². The zero-order valence-electron chi connectivity index (χ0n) is 21.7. The van der Waals surface area contributed by atoms with E-state index in [0.717, 1.165) is 20.1 Å². The molecule has 2 heterocycles. The number of aromatic amines is 1. The molecule has 214 valence electrons. The van der Waals surface area contributed by atoms with E-state index in [9.17, 15) is 32.3 Å². The Labute approximate surface area is 226 Å². The van der Waals surface area contributed by atoms with E-state index in [0.29, 0.717) is 22.4 Å². The number of fused-ring (bicyclic) bond motifs is 1. The fraction of sp³-hybridized carbons (Fsp3) is 0.346. The molecule has 0 bridgehead atoms. The van der Waals surface area contributed by atoms with Crippen LogP contribution in [0.25, 0.3) is 11.0 Å². The largest absolute Gasteiger partial charge is 0.453 e. The molecule has 14 heteroatoms. The van der Waals surface area contributed by atoms with Crippen molar-refractivity contribution in [2.45, 2.75) is 44.9 Å². The Bertz CT molecular complexity index is 1460. The number of aromatic nitrogens is 3. The Morgan fingerprint density at radius 2 is 1.98 bits per heavy atom. The summed E-state index contributed by atoms with van der Waals surface area (Å²) in [6.45, 7) is 1.06. The van der Waals surface area contributed by atoms with Gasteiger partial charge in [0.15, 0.2) is 0 Å². The number of primary amides is 1. The maximum Gasteiger partial charge on any atom is 0.407 e. The monoisotopic (exact) mass is 562 g/mol. The van der Waals surface area contributed by atoms with Crippen molar-refractivity contribution in [1.29, 1.82) is 0 Å². The van der Waals surface area contributed by atoms with Crippen LogP contribution in [0.4, 0.5) is 23.7 Å². The number of carbonyl (C=O) groups excluding carboxylic acids is 3. The first-order valence-electron chi connectivity index (χ1n) is 12.2. The highest BCUT2D eigenvalue weighted by Crippen LogP contribution is 2.30. The van der Waals surface area contributed by atoms with Gasteiger partial charge in [-0.1, -0.05) is 25.1 Å². The van der Waals surface area contributed by atoms with Crippen LogP contribution in [-0.2, 0) is 27.3 Å². The third kappa shape index (κ3) is 7.94. The number of nitrogens with zero attached hydrogens (tertiary/aromatic N) is 2. The molecule has 0 aliphatic carbocycles. The van der Waals surface area contributed by atoms with Crippen LogP contribution < -0.4 is 21.9 Å². The number of amides is 3. The number of rotatable bonds is 11. The van der Waals surface area contributed by atoms with Crippen molar-refractivity contribution < 1.29 is 32.3 Å². The van der Waals surface area contributed by atoms with E-state index in [1.807, 2.05) is 0 Å². The minimum absolute atomic E-state index is 0.0484. The highest BCUT2D eigenvalue weighted by atomic mass is 19.4. The smallest absolute Gasteiger partial charge is 0.407 e. The molecule has 3 rings (SSSR count). The lowest BCUT2D eigenvalue weighted by Crippen LogP contribution is -2.44. The molecule has 3 aromatic rings. The summed E-state index contributed by atoms with van der Waals surface area (Å²) in [5, 5.41) is 4.87.